The normalized spacial score (nSPS) is 14.9. The van der Waals surface area contributed by atoms with Crippen molar-refractivity contribution in [1.29, 1.82) is 0 Å². The fraction of sp³-hybridized carbons (Fsp3) is 0.286. The van der Waals surface area contributed by atoms with Crippen LogP contribution in [0, 0.1) is 17.5 Å². The zero-order valence-corrected chi connectivity index (χ0v) is 10.9. The molecule has 0 amide bonds. The van der Waals surface area contributed by atoms with Crippen LogP contribution < -0.4 is 5.32 Å². The lowest BCUT2D eigenvalue weighted by molar-refractivity contribution is 0.498. The first-order valence-corrected chi connectivity index (χ1v) is 6.92. The molecule has 0 aliphatic heterocycles. The molecule has 1 nitrogen and oxygen atoms in total. The third-order valence-corrected chi connectivity index (χ3v) is 4.18. The number of rotatable bonds is 4. The highest BCUT2D eigenvalue weighted by Crippen LogP contribution is 2.32. The lowest BCUT2D eigenvalue weighted by atomic mass is 10.1. The fourth-order valence-corrected chi connectivity index (χ4v) is 2.85. The number of hydrogen-bond acceptors (Lipinski definition) is 2. The molecule has 1 fully saturated rings. The van der Waals surface area contributed by atoms with Crippen molar-refractivity contribution in [2.75, 3.05) is 0 Å². The molecule has 3 rings (SSSR count). The summed E-state index contributed by atoms with van der Waals surface area (Å²) in [5.41, 5.74) is -0.0137. The summed E-state index contributed by atoms with van der Waals surface area (Å²) in [5.74, 6) is -2.91. The van der Waals surface area contributed by atoms with Crippen LogP contribution in [0.15, 0.2) is 24.3 Å². The van der Waals surface area contributed by atoms with Crippen LogP contribution in [0.4, 0.5) is 13.2 Å². The second-order valence-corrected chi connectivity index (χ2v) is 5.84. The van der Waals surface area contributed by atoms with Crippen molar-refractivity contribution in [2.24, 2.45) is 0 Å². The Kier molecular flexibility index (Phi) is 3.33. The summed E-state index contributed by atoms with van der Waals surface area (Å²) < 4.78 is 40.0. The standard InChI is InChI=1S/C14H12F3NS/c15-8-5-11(14(17)12(16)6-8)13-4-3-10(19-13)7-18-9-1-2-9/h3-6,9,18H,1-2,7H2. The van der Waals surface area contributed by atoms with Crippen LogP contribution >= 0.6 is 11.3 Å². The van der Waals surface area contributed by atoms with Gasteiger partial charge in [0.05, 0.1) is 0 Å². The lowest BCUT2D eigenvalue weighted by Crippen LogP contribution is -2.14. The van der Waals surface area contributed by atoms with E-state index in [0.29, 0.717) is 17.0 Å². The molecule has 1 heterocycles. The monoisotopic (exact) mass is 283 g/mol. The second-order valence-electron chi connectivity index (χ2n) is 4.67. The summed E-state index contributed by atoms with van der Waals surface area (Å²) >= 11 is 1.35. The molecular formula is C14H12F3NS. The highest BCUT2D eigenvalue weighted by molar-refractivity contribution is 7.15. The molecule has 1 aromatic carbocycles. The van der Waals surface area contributed by atoms with Crippen LogP contribution in [0.25, 0.3) is 10.4 Å². The van der Waals surface area contributed by atoms with Gasteiger partial charge in [0.2, 0.25) is 0 Å². The van der Waals surface area contributed by atoms with Crippen LogP contribution in [-0.2, 0) is 6.54 Å². The predicted molar refractivity (Wildman–Crippen MR) is 69.5 cm³/mol. The molecule has 1 aliphatic rings. The van der Waals surface area contributed by atoms with E-state index in [1.807, 2.05) is 6.07 Å². The molecule has 1 saturated carbocycles. The maximum absolute atomic E-state index is 13.7. The van der Waals surface area contributed by atoms with Crippen LogP contribution in [0.3, 0.4) is 0 Å². The van der Waals surface area contributed by atoms with Gasteiger partial charge in [-0.2, -0.15) is 0 Å². The van der Waals surface area contributed by atoms with Gasteiger partial charge in [0.25, 0.3) is 0 Å². The van der Waals surface area contributed by atoms with E-state index in [-0.39, 0.29) is 5.56 Å². The first kappa shape index (κ1) is 12.7. The average molecular weight is 283 g/mol. The van der Waals surface area contributed by atoms with Crippen LogP contribution in [-0.4, -0.2) is 6.04 Å². The van der Waals surface area contributed by atoms with Gasteiger partial charge in [0.15, 0.2) is 11.6 Å². The van der Waals surface area contributed by atoms with Gasteiger partial charge in [0.1, 0.15) is 5.82 Å². The maximum Gasteiger partial charge on any atom is 0.167 e. The molecule has 1 N–H and O–H groups in total. The van der Waals surface area contributed by atoms with E-state index in [1.165, 1.54) is 24.2 Å². The highest BCUT2D eigenvalue weighted by atomic mass is 32.1. The Bertz CT molecular complexity index is 605. The van der Waals surface area contributed by atoms with E-state index in [4.69, 9.17) is 0 Å². The van der Waals surface area contributed by atoms with Gasteiger partial charge >= 0.3 is 0 Å². The Balaban J connectivity index is 1.85. The van der Waals surface area contributed by atoms with Crippen molar-refractivity contribution in [2.45, 2.75) is 25.4 Å². The van der Waals surface area contributed by atoms with Gasteiger partial charge in [-0.1, -0.05) is 0 Å². The van der Waals surface area contributed by atoms with Gasteiger partial charge < -0.3 is 5.32 Å². The summed E-state index contributed by atoms with van der Waals surface area (Å²) in [5, 5.41) is 3.34. The Morgan fingerprint density at radius 3 is 2.68 bits per heavy atom. The Hall–Kier alpha value is -1.33. The molecule has 0 spiro atoms. The van der Waals surface area contributed by atoms with Crippen LogP contribution in [0.1, 0.15) is 17.7 Å². The second kappa shape index (κ2) is 4.98. The molecule has 1 aliphatic carbocycles. The minimum Gasteiger partial charge on any atom is -0.309 e. The molecule has 100 valence electrons. The molecule has 0 atom stereocenters. The van der Waals surface area contributed by atoms with Crippen molar-refractivity contribution in [1.82, 2.24) is 5.32 Å². The van der Waals surface area contributed by atoms with Gasteiger partial charge in [0, 0.05) is 34.0 Å². The molecule has 5 heteroatoms. The molecule has 19 heavy (non-hydrogen) atoms. The predicted octanol–water partition coefficient (Wildman–Crippen LogP) is 4.08. The summed E-state index contributed by atoms with van der Waals surface area (Å²) in [6, 6.07) is 5.74. The van der Waals surface area contributed by atoms with Gasteiger partial charge in [-0.3, -0.25) is 0 Å². The molecule has 2 aromatic rings. The summed E-state index contributed by atoms with van der Waals surface area (Å²) in [7, 11) is 0. The third-order valence-electron chi connectivity index (χ3n) is 3.06. The Morgan fingerprint density at radius 2 is 1.95 bits per heavy atom. The highest BCUT2D eigenvalue weighted by Gasteiger charge is 2.20. The fourth-order valence-electron chi connectivity index (χ4n) is 1.89. The molecule has 0 bridgehead atoms. The SMILES string of the molecule is Fc1cc(F)c(F)c(-c2ccc(CNC3CC3)s2)c1. The van der Waals surface area contributed by atoms with E-state index < -0.39 is 17.5 Å². The van der Waals surface area contributed by atoms with Crippen LogP contribution in [0.2, 0.25) is 0 Å². The lowest BCUT2D eigenvalue weighted by Gasteiger charge is -2.02. The molecule has 0 radical (unpaired) electrons. The number of thiophene rings is 1. The van der Waals surface area contributed by atoms with E-state index >= 15 is 0 Å². The third kappa shape index (κ3) is 2.82. The minimum absolute atomic E-state index is 0.0137. The van der Waals surface area contributed by atoms with Gasteiger partial charge in [-0.15, -0.1) is 11.3 Å². The molecule has 1 aromatic heterocycles. The number of hydrogen-bond donors (Lipinski definition) is 1. The van der Waals surface area contributed by atoms with Crippen molar-refractivity contribution < 1.29 is 13.2 Å². The van der Waals surface area contributed by atoms with E-state index in [9.17, 15) is 13.2 Å². The zero-order chi connectivity index (χ0) is 13.4. The molecular weight excluding hydrogens is 271 g/mol. The van der Waals surface area contributed by atoms with E-state index in [0.717, 1.165) is 17.5 Å². The van der Waals surface area contributed by atoms with Crippen molar-refractivity contribution in [3.05, 3.63) is 46.6 Å². The maximum atomic E-state index is 13.7. The summed E-state index contributed by atoms with van der Waals surface area (Å²) in [4.78, 5) is 1.58. The quantitative estimate of drug-likeness (QED) is 0.834. The largest absolute Gasteiger partial charge is 0.309 e. The van der Waals surface area contributed by atoms with Crippen molar-refractivity contribution in [3.63, 3.8) is 0 Å². The topological polar surface area (TPSA) is 12.0 Å². The average Bonchev–Trinajstić information content (AvgIpc) is 3.09. The molecule has 0 saturated heterocycles. The zero-order valence-electron chi connectivity index (χ0n) is 10.1. The van der Waals surface area contributed by atoms with E-state index in [2.05, 4.69) is 5.32 Å². The van der Waals surface area contributed by atoms with Crippen molar-refractivity contribution in [3.8, 4) is 10.4 Å². The summed E-state index contributed by atoms with van der Waals surface area (Å²) in [6.45, 7) is 0.717. The Morgan fingerprint density at radius 1 is 1.16 bits per heavy atom. The minimum atomic E-state index is -1.15. The molecule has 0 unspecified atom stereocenters. The van der Waals surface area contributed by atoms with Gasteiger partial charge in [-0.25, -0.2) is 13.2 Å². The summed E-state index contributed by atoms with van der Waals surface area (Å²) in [6.07, 6.45) is 2.39. The number of halogens is 3. The van der Waals surface area contributed by atoms with Crippen molar-refractivity contribution >= 4 is 11.3 Å². The van der Waals surface area contributed by atoms with Crippen LogP contribution in [0.5, 0.6) is 0 Å². The van der Waals surface area contributed by atoms with E-state index in [1.54, 1.807) is 6.07 Å². The Labute approximate surface area is 113 Å². The smallest absolute Gasteiger partial charge is 0.167 e. The first-order valence-electron chi connectivity index (χ1n) is 6.10. The number of benzene rings is 1. The first-order chi connectivity index (χ1) is 9.13. The number of nitrogens with one attached hydrogen (secondary N) is 1. The van der Waals surface area contributed by atoms with Gasteiger partial charge in [-0.05, 0) is 31.0 Å².